The van der Waals surface area contributed by atoms with Crippen LogP contribution in [0.3, 0.4) is 0 Å². The van der Waals surface area contributed by atoms with E-state index in [1.54, 1.807) is 6.07 Å². The van der Waals surface area contributed by atoms with Gasteiger partial charge in [-0.2, -0.15) is 0 Å². The highest BCUT2D eigenvalue weighted by molar-refractivity contribution is 6.71. The summed E-state index contributed by atoms with van der Waals surface area (Å²) in [6.07, 6.45) is 0. The van der Waals surface area contributed by atoms with Crippen LogP contribution in [0.4, 0.5) is 0 Å². The molecule has 0 heterocycles. The number of rotatable bonds is 2. The van der Waals surface area contributed by atoms with Crippen molar-refractivity contribution in [1.29, 1.82) is 0 Å². The third-order valence-electron chi connectivity index (χ3n) is 1.65. The van der Waals surface area contributed by atoms with Crippen LogP contribution in [0.2, 0.25) is 19.6 Å². The van der Waals surface area contributed by atoms with E-state index in [4.69, 9.17) is 4.43 Å². The van der Waals surface area contributed by atoms with E-state index in [1.165, 1.54) is 0 Å². The van der Waals surface area contributed by atoms with Crippen LogP contribution in [0.5, 0.6) is 0 Å². The Kier molecular flexibility index (Phi) is 3.11. The Morgan fingerprint density at radius 3 is 2.43 bits per heavy atom. The molecule has 76 valence electrons. The minimum Gasteiger partial charge on any atom is -0.516 e. The van der Waals surface area contributed by atoms with Crippen molar-refractivity contribution < 1.29 is 9.22 Å². The van der Waals surface area contributed by atoms with Gasteiger partial charge < -0.3 is 4.43 Å². The fraction of sp³-hybridized carbons (Fsp3) is 0.364. The predicted octanol–water partition coefficient (Wildman–Crippen LogP) is 2.99. The van der Waals surface area contributed by atoms with Crippen LogP contribution in [-0.4, -0.2) is 14.3 Å². The first-order valence-corrected chi connectivity index (χ1v) is 8.09. The average Bonchev–Trinajstić information content (AvgIpc) is 2.01. The highest BCUT2D eigenvalue weighted by atomic mass is 28.4. The lowest BCUT2D eigenvalue weighted by Crippen LogP contribution is -2.29. The Hall–Kier alpha value is -1.09. The fourth-order valence-electron chi connectivity index (χ4n) is 1.11. The van der Waals surface area contributed by atoms with Crippen molar-refractivity contribution in [1.82, 2.24) is 0 Å². The SMILES string of the molecule is Cc1cccc(C(=O)O[Si](C)(C)C)c1. The first-order chi connectivity index (χ1) is 6.38. The smallest absolute Gasteiger partial charge is 0.324 e. The maximum absolute atomic E-state index is 11.6. The second-order valence-electron chi connectivity index (χ2n) is 4.37. The molecule has 2 nitrogen and oxygen atoms in total. The molecule has 0 unspecified atom stereocenters. The summed E-state index contributed by atoms with van der Waals surface area (Å²) in [4.78, 5) is 11.6. The molecule has 1 aromatic rings. The maximum atomic E-state index is 11.6. The minimum absolute atomic E-state index is 0.201. The van der Waals surface area contributed by atoms with E-state index in [1.807, 2.05) is 44.8 Å². The lowest BCUT2D eigenvalue weighted by atomic mass is 10.1. The summed E-state index contributed by atoms with van der Waals surface area (Å²) in [5.41, 5.74) is 1.72. The van der Waals surface area contributed by atoms with E-state index in [-0.39, 0.29) is 5.97 Å². The number of benzene rings is 1. The van der Waals surface area contributed by atoms with E-state index in [0.29, 0.717) is 5.56 Å². The van der Waals surface area contributed by atoms with Gasteiger partial charge in [0.25, 0.3) is 0 Å². The zero-order chi connectivity index (χ0) is 10.8. The third-order valence-corrected chi connectivity index (χ3v) is 2.45. The molecule has 0 saturated heterocycles. The summed E-state index contributed by atoms with van der Waals surface area (Å²) in [6, 6.07) is 7.47. The first kappa shape index (κ1) is 11.0. The summed E-state index contributed by atoms with van der Waals surface area (Å²) < 4.78 is 5.38. The molecule has 0 aliphatic carbocycles. The van der Waals surface area contributed by atoms with Crippen molar-refractivity contribution in [2.24, 2.45) is 0 Å². The molecular formula is C11H16O2Si. The summed E-state index contributed by atoms with van der Waals surface area (Å²) in [6.45, 7) is 7.97. The number of carbonyl (C=O) groups is 1. The normalized spacial score (nSPS) is 11.1. The molecule has 0 amide bonds. The standard InChI is InChI=1S/C11H16O2Si/c1-9-6-5-7-10(8-9)11(12)13-14(2,3)4/h5-8H,1-4H3. The van der Waals surface area contributed by atoms with Gasteiger partial charge in [-0.1, -0.05) is 17.7 Å². The molecule has 0 aromatic heterocycles. The number of hydrogen-bond donors (Lipinski definition) is 0. The van der Waals surface area contributed by atoms with Crippen LogP contribution >= 0.6 is 0 Å². The molecule has 3 heteroatoms. The van der Waals surface area contributed by atoms with Crippen LogP contribution in [-0.2, 0) is 4.43 Å². The summed E-state index contributed by atoms with van der Waals surface area (Å²) in [7, 11) is -1.77. The van der Waals surface area contributed by atoms with E-state index < -0.39 is 8.32 Å². The van der Waals surface area contributed by atoms with Gasteiger partial charge in [-0.15, -0.1) is 0 Å². The Morgan fingerprint density at radius 2 is 1.93 bits per heavy atom. The van der Waals surface area contributed by atoms with Crippen molar-refractivity contribution >= 4 is 14.3 Å². The lowest BCUT2D eigenvalue weighted by Gasteiger charge is -2.17. The van der Waals surface area contributed by atoms with Gasteiger partial charge in [-0.3, -0.25) is 0 Å². The largest absolute Gasteiger partial charge is 0.516 e. The van der Waals surface area contributed by atoms with Crippen molar-refractivity contribution in [2.45, 2.75) is 26.6 Å². The van der Waals surface area contributed by atoms with Crippen molar-refractivity contribution in [2.75, 3.05) is 0 Å². The molecule has 0 saturated carbocycles. The van der Waals surface area contributed by atoms with Gasteiger partial charge in [0.05, 0.1) is 5.56 Å². The molecule has 0 fully saturated rings. The number of carbonyl (C=O) groups excluding carboxylic acids is 1. The molecule has 0 spiro atoms. The minimum atomic E-state index is -1.77. The molecule has 14 heavy (non-hydrogen) atoms. The maximum Gasteiger partial charge on any atom is 0.324 e. The number of hydrogen-bond acceptors (Lipinski definition) is 2. The molecule has 0 aliphatic heterocycles. The molecule has 0 aliphatic rings. The van der Waals surface area contributed by atoms with Crippen molar-refractivity contribution in [3.8, 4) is 0 Å². The summed E-state index contributed by atoms with van der Waals surface area (Å²) >= 11 is 0. The van der Waals surface area contributed by atoms with Gasteiger partial charge in [0.15, 0.2) is 0 Å². The van der Waals surface area contributed by atoms with Crippen LogP contribution in [0.25, 0.3) is 0 Å². The van der Waals surface area contributed by atoms with E-state index in [9.17, 15) is 4.79 Å². The Labute approximate surface area is 86.0 Å². The van der Waals surface area contributed by atoms with E-state index in [0.717, 1.165) is 5.56 Å². The summed E-state index contributed by atoms with van der Waals surface area (Å²) in [5.74, 6) is -0.201. The predicted molar refractivity (Wildman–Crippen MR) is 59.9 cm³/mol. The second-order valence-corrected chi connectivity index (χ2v) is 8.80. The van der Waals surface area contributed by atoms with E-state index in [2.05, 4.69) is 0 Å². The van der Waals surface area contributed by atoms with Crippen LogP contribution in [0, 0.1) is 6.92 Å². The zero-order valence-corrected chi connectivity index (χ0v) is 10.1. The van der Waals surface area contributed by atoms with Gasteiger partial charge >= 0.3 is 5.97 Å². The number of aryl methyl sites for hydroxylation is 1. The lowest BCUT2D eigenvalue weighted by molar-refractivity contribution is 0.0724. The second kappa shape index (κ2) is 3.96. The van der Waals surface area contributed by atoms with Crippen LogP contribution in [0.15, 0.2) is 24.3 Å². The quantitative estimate of drug-likeness (QED) is 0.698. The third kappa shape index (κ3) is 3.34. The topological polar surface area (TPSA) is 26.3 Å². The molecule has 0 N–H and O–H groups in total. The fourth-order valence-corrected chi connectivity index (χ4v) is 1.78. The van der Waals surface area contributed by atoms with Gasteiger partial charge in [0, 0.05) is 0 Å². The van der Waals surface area contributed by atoms with Gasteiger partial charge in [0.1, 0.15) is 0 Å². The van der Waals surface area contributed by atoms with Crippen LogP contribution < -0.4 is 0 Å². The molecule has 0 bridgehead atoms. The van der Waals surface area contributed by atoms with Crippen LogP contribution in [0.1, 0.15) is 15.9 Å². The average molecular weight is 208 g/mol. The first-order valence-electron chi connectivity index (χ1n) is 4.68. The van der Waals surface area contributed by atoms with E-state index >= 15 is 0 Å². The van der Waals surface area contributed by atoms with Crippen molar-refractivity contribution in [3.63, 3.8) is 0 Å². The highest BCUT2D eigenvalue weighted by Gasteiger charge is 2.20. The van der Waals surface area contributed by atoms with Crippen molar-refractivity contribution in [3.05, 3.63) is 35.4 Å². The van der Waals surface area contributed by atoms with Gasteiger partial charge in [0.2, 0.25) is 8.32 Å². The summed E-state index contributed by atoms with van der Waals surface area (Å²) in [5, 5.41) is 0. The van der Waals surface area contributed by atoms with Gasteiger partial charge in [-0.05, 0) is 38.7 Å². The molecule has 1 aromatic carbocycles. The molecular weight excluding hydrogens is 192 g/mol. The zero-order valence-electron chi connectivity index (χ0n) is 9.13. The molecule has 0 radical (unpaired) electrons. The molecule has 1 rings (SSSR count). The van der Waals surface area contributed by atoms with Gasteiger partial charge in [-0.25, -0.2) is 4.79 Å². The molecule has 0 atom stereocenters. The Morgan fingerprint density at radius 1 is 1.29 bits per heavy atom. The Balaban J connectivity index is 2.80. The Bertz CT molecular complexity index is 339. The highest BCUT2D eigenvalue weighted by Crippen LogP contribution is 2.10. The monoisotopic (exact) mass is 208 g/mol.